The van der Waals surface area contributed by atoms with Crippen LogP contribution >= 0.6 is 38.6 Å². The second kappa shape index (κ2) is 8.50. The third kappa shape index (κ3) is 3.81. The second-order valence-corrected chi connectivity index (χ2v) is 8.79. The zero-order valence-electron chi connectivity index (χ0n) is 15.5. The van der Waals surface area contributed by atoms with Gasteiger partial charge in [0, 0.05) is 15.2 Å². The highest BCUT2D eigenvalue weighted by atomic mass is 79.9. The average Bonchev–Trinajstić information content (AvgIpc) is 3.40. The van der Waals surface area contributed by atoms with Crippen LogP contribution in [0.5, 0.6) is 0 Å². The average molecular weight is 504 g/mol. The number of anilines is 1. The molecule has 0 aliphatic heterocycles. The molecule has 10 heteroatoms. The molecule has 30 heavy (non-hydrogen) atoms. The van der Waals surface area contributed by atoms with Crippen LogP contribution < -0.4 is 10.9 Å². The summed E-state index contributed by atoms with van der Waals surface area (Å²) in [6.45, 7) is 1.87. The van der Waals surface area contributed by atoms with Crippen molar-refractivity contribution < 1.29 is 14.3 Å². The summed E-state index contributed by atoms with van der Waals surface area (Å²) in [6.07, 6.45) is 0. The Hall–Kier alpha value is -2.82. The number of fused-ring (bicyclic) bond motifs is 1. The third-order valence-electron chi connectivity index (χ3n) is 4.16. The monoisotopic (exact) mass is 503 g/mol. The number of rotatable bonds is 5. The molecule has 152 valence electrons. The van der Waals surface area contributed by atoms with E-state index in [1.54, 1.807) is 54.1 Å². The zero-order chi connectivity index (χ0) is 21.3. The zero-order valence-corrected chi connectivity index (χ0v) is 18.8. The first kappa shape index (κ1) is 20.5. The molecule has 0 bridgehead atoms. The van der Waals surface area contributed by atoms with Gasteiger partial charge in [-0.25, -0.2) is 4.79 Å². The summed E-state index contributed by atoms with van der Waals surface area (Å²) in [5, 5.41) is 11.4. The molecule has 0 aliphatic rings. The summed E-state index contributed by atoms with van der Waals surface area (Å²) in [4.78, 5) is 38.9. The molecule has 0 spiro atoms. The van der Waals surface area contributed by atoms with Crippen LogP contribution in [0.15, 0.2) is 56.4 Å². The van der Waals surface area contributed by atoms with Crippen molar-refractivity contribution in [1.82, 2.24) is 9.78 Å². The van der Waals surface area contributed by atoms with Crippen molar-refractivity contribution in [3.05, 3.63) is 72.6 Å². The van der Waals surface area contributed by atoms with Gasteiger partial charge in [0.2, 0.25) is 0 Å². The van der Waals surface area contributed by atoms with Crippen LogP contribution in [0.1, 0.15) is 27.1 Å². The molecule has 0 saturated heterocycles. The Morgan fingerprint density at radius 3 is 2.63 bits per heavy atom. The van der Waals surface area contributed by atoms with E-state index in [4.69, 9.17) is 4.74 Å². The van der Waals surface area contributed by atoms with E-state index < -0.39 is 11.5 Å². The van der Waals surface area contributed by atoms with Crippen molar-refractivity contribution in [1.29, 1.82) is 0 Å². The fourth-order valence-corrected chi connectivity index (χ4v) is 4.64. The molecule has 4 rings (SSSR count). The molecule has 0 unspecified atom stereocenters. The van der Waals surface area contributed by atoms with Crippen LogP contribution in [0.4, 0.5) is 5.00 Å². The van der Waals surface area contributed by atoms with Crippen molar-refractivity contribution in [3.8, 4) is 5.69 Å². The number of carbonyl (C=O) groups excluding carboxylic acids is 2. The summed E-state index contributed by atoms with van der Waals surface area (Å²) in [7, 11) is 0. The van der Waals surface area contributed by atoms with Gasteiger partial charge in [-0.2, -0.15) is 9.78 Å². The van der Waals surface area contributed by atoms with Gasteiger partial charge in [-0.1, -0.05) is 22.0 Å². The standard InChI is InChI=1S/C20H14BrN3O4S2/c1-2-28-20(27)16-13-10-30-18(22-17(25)14-4-3-9-29-14)15(13)19(26)24(23-16)12-7-5-11(21)6-8-12/h3-10H,2H2,1H3,(H,22,25). The van der Waals surface area contributed by atoms with Crippen molar-refractivity contribution in [2.24, 2.45) is 0 Å². The maximum absolute atomic E-state index is 13.3. The molecule has 0 radical (unpaired) electrons. The molecule has 3 aromatic heterocycles. The predicted molar refractivity (Wildman–Crippen MR) is 121 cm³/mol. The maximum Gasteiger partial charge on any atom is 0.359 e. The number of nitrogens with zero attached hydrogens (tertiary/aromatic N) is 2. The van der Waals surface area contributed by atoms with Gasteiger partial charge in [0.25, 0.3) is 11.5 Å². The van der Waals surface area contributed by atoms with E-state index in [1.807, 2.05) is 0 Å². The van der Waals surface area contributed by atoms with Gasteiger partial charge in [-0.3, -0.25) is 9.59 Å². The van der Waals surface area contributed by atoms with E-state index in [2.05, 4.69) is 26.3 Å². The van der Waals surface area contributed by atoms with Gasteiger partial charge < -0.3 is 10.1 Å². The first-order valence-corrected chi connectivity index (χ1v) is 11.4. The molecular formula is C20H14BrN3O4S2. The molecule has 0 aliphatic carbocycles. The number of hydrogen-bond donors (Lipinski definition) is 1. The van der Waals surface area contributed by atoms with Crippen molar-refractivity contribution in [3.63, 3.8) is 0 Å². The van der Waals surface area contributed by atoms with Gasteiger partial charge in [0.1, 0.15) is 5.00 Å². The number of esters is 1. The first-order valence-electron chi connectivity index (χ1n) is 8.82. The van der Waals surface area contributed by atoms with Crippen LogP contribution in [0.2, 0.25) is 0 Å². The van der Waals surface area contributed by atoms with Gasteiger partial charge >= 0.3 is 5.97 Å². The Labute approximate surface area is 187 Å². The highest BCUT2D eigenvalue weighted by molar-refractivity contribution is 9.10. The second-order valence-electron chi connectivity index (χ2n) is 6.05. The van der Waals surface area contributed by atoms with Gasteiger partial charge in [0.05, 0.1) is 22.6 Å². The van der Waals surface area contributed by atoms with E-state index in [0.29, 0.717) is 21.0 Å². The lowest BCUT2D eigenvalue weighted by Crippen LogP contribution is -2.25. The number of carbonyl (C=O) groups is 2. The quantitative estimate of drug-likeness (QED) is 0.398. The predicted octanol–water partition coefficient (Wildman–Crippen LogP) is 4.70. The largest absolute Gasteiger partial charge is 0.461 e. The highest BCUT2D eigenvalue weighted by Gasteiger charge is 2.23. The van der Waals surface area contributed by atoms with Crippen LogP contribution in [0.25, 0.3) is 16.5 Å². The number of benzene rings is 1. The molecule has 1 amide bonds. The Bertz CT molecular complexity index is 1290. The summed E-state index contributed by atoms with van der Waals surface area (Å²) in [6, 6.07) is 10.4. The molecular weight excluding hydrogens is 490 g/mol. The van der Waals surface area contributed by atoms with E-state index in [-0.39, 0.29) is 23.6 Å². The fraction of sp³-hybridized carbons (Fsp3) is 0.100. The smallest absolute Gasteiger partial charge is 0.359 e. The van der Waals surface area contributed by atoms with Gasteiger partial charge in [-0.15, -0.1) is 22.7 Å². The number of amides is 1. The van der Waals surface area contributed by atoms with E-state index in [0.717, 1.165) is 20.5 Å². The molecule has 1 aromatic carbocycles. The summed E-state index contributed by atoms with van der Waals surface area (Å²) >= 11 is 5.82. The molecule has 7 nitrogen and oxygen atoms in total. The molecule has 3 heterocycles. The Morgan fingerprint density at radius 2 is 1.97 bits per heavy atom. The van der Waals surface area contributed by atoms with Crippen LogP contribution in [-0.2, 0) is 4.74 Å². The third-order valence-corrected chi connectivity index (χ3v) is 6.46. The van der Waals surface area contributed by atoms with Gasteiger partial charge in [-0.05, 0) is 42.6 Å². The number of ether oxygens (including phenoxy) is 1. The van der Waals surface area contributed by atoms with Crippen LogP contribution in [-0.4, -0.2) is 28.3 Å². The highest BCUT2D eigenvalue weighted by Crippen LogP contribution is 2.31. The number of hydrogen-bond acceptors (Lipinski definition) is 7. The van der Waals surface area contributed by atoms with Crippen molar-refractivity contribution in [2.45, 2.75) is 6.92 Å². The molecule has 0 atom stereocenters. The van der Waals surface area contributed by atoms with E-state index >= 15 is 0 Å². The van der Waals surface area contributed by atoms with Crippen molar-refractivity contribution >= 4 is 66.3 Å². The molecule has 1 N–H and O–H groups in total. The number of halogens is 1. The van der Waals surface area contributed by atoms with Gasteiger partial charge in [0.15, 0.2) is 5.69 Å². The summed E-state index contributed by atoms with van der Waals surface area (Å²) in [5.74, 6) is -0.958. The lowest BCUT2D eigenvalue weighted by molar-refractivity contribution is 0.0520. The minimum absolute atomic E-state index is 0.0160. The number of nitrogens with one attached hydrogen (secondary N) is 1. The number of thiophene rings is 2. The fourth-order valence-electron chi connectivity index (χ4n) is 2.82. The Morgan fingerprint density at radius 1 is 1.20 bits per heavy atom. The summed E-state index contributed by atoms with van der Waals surface area (Å²) < 4.78 is 7.12. The van der Waals surface area contributed by atoms with E-state index in [1.165, 1.54) is 11.3 Å². The topological polar surface area (TPSA) is 90.3 Å². The Balaban J connectivity index is 1.91. The van der Waals surface area contributed by atoms with Crippen LogP contribution in [0, 0.1) is 0 Å². The van der Waals surface area contributed by atoms with Crippen molar-refractivity contribution in [2.75, 3.05) is 11.9 Å². The minimum Gasteiger partial charge on any atom is -0.461 e. The molecule has 0 fully saturated rings. The normalized spacial score (nSPS) is 10.9. The molecule has 0 saturated carbocycles. The lowest BCUT2D eigenvalue weighted by Gasteiger charge is -2.10. The minimum atomic E-state index is -0.637. The van der Waals surface area contributed by atoms with E-state index in [9.17, 15) is 14.4 Å². The molecule has 4 aromatic rings. The SMILES string of the molecule is CCOC(=O)c1nn(-c2ccc(Br)cc2)c(=O)c2c(NC(=O)c3cccs3)scc12. The Kier molecular flexibility index (Phi) is 5.80. The first-order chi connectivity index (χ1) is 14.5. The number of aromatic nitrogens is 2. The lowest BCUT2D eigenvalue weighted by atomic mass is 10.2. The maximum atomic E-state index is 13.3. The summed E-state index contributed by atoms with van der Waals surface area (Å²) in [5.41, 5.74) is 0.0581. The van der Waals surface area contributed by atoms with Crippen LogP contribution in [0.3, 0.4) is 0 Å².